The molecule has 1 saturated heterocycles. The van der Waals surface area contributed by atoms with Gasteiger partial charge in [-0.3, -0.25) is 38.8 Å². The molecule has 5 heterocycles. The number of amides is 5. The molecule has 2 atom stereocenters. The lowest BCUT2D eigenvalue weighted by molar-refractivity contribution is -0.136. The Bertz CT molecular complexity index is 2770. The molecule has 66 heavy (non-hydrogen) atoms. The van der Waals surface area contributed by atoms with Gasteiger partial charge in [0.05, 0.1) is 23.5 Å². The van der Waals surface area contributed by atoms with Crippen molar-refractivity contribution < 1.29 is 28.7 Å². The second-order valence-corrected chi connectivity index (χ2v) is 18.5. The maximum absolute atomic E-state index is 13.4. The summed E-state index contributed by atoms with van der Waals surface area (Å²) in [6.07, 6.45) is 2.66. The van der Waals surface area contributed by atoms with E-state index in [0.717, 1.165) is 49.9 Å². The number of unbranched alkanes of at least 4 members (excludes halogenated alkanes) is 1. The molecule has 16 nitrogen and oxygen atoms in total. The van der Waals surface area contributed by atoms with E-state index in [2.05, 4.69) is 50.2 Å². The highest BCUT2D eigenvalue weighted by Crippen LogP contribution is 2.40. The number of halogens is 1. The summed E-state index contributed by atoms with van der Waals surface area (Å²) in [4.78, 5) is 71.1. The van der Waals surface area contributed by atoms with Gasteiger partial charge < -0.3 is 20.3 Å². The zero-order chi connectivity index (χ0) is 46.6. The van der Waals surface area contributed by atoms with Gasteiger partial charge in [0.25, 0.3) is 11.8 Å². The Kier molecular flexibility index (Phi) is 13.8. The van der Waals surface area contributed by atoms with Crippen LogP contribution >= 0.6 is 22.9 Å². The maximum atomic E-state index is 13.4. The van der Waals surface area contributed by atoms with Crippen molar-refractivity contribution in [3.63, 3.8) is 0 Å². The number of thiophene rings is 1. The first-order valence-corrected chi connectivity index (χ1v) is 23.3. The monoisotopic (exact) mass is 930 g/mol. The predicted octanol–water partition coefficient (Wildman–Crippen LogP) is 7.71. The minimum Gasteiger partial charge on any atom is -0.484 e. The number of nitrogens with one attached hydrogen (secondary N) is 3. The molecular weight excluding hydrogens is 880 g/mol. The van der Waals surface area contributed by atoms with Crippen LogP contribution in [-0.2, 0) is 25.7 Å². The fraction of sp³-hybridized carbons (Fsp3) is 0.375. The van der Waals surface area contributed by atoms with E-state index in [1.807, 2.05) is 55.7 Å². The van der Waals surface area contributed by atoms with Crippen LogP contribution in [0, 0.1) is 40.5 Å². The first-order chi connectivity index (χ1) is 31.7. The van der Waals surface area contributed by atoms with E-state index in [-0.39, 0.29) is 48.5 Å². The van der Waals surface area contributed by atoms with Crippen LogP contribution in [0.25, 0.3) is 5.00 Å². The molecule has 8 rings (SSSR count). The van der Waals surface area contributed by atoms with Gasteiger partial charge in [0.2, 0.25) is 17.7 Å². The van der Waals surface area contributed by atoms with Gasteiger partial charge >= 0.3 is 0 Å². The van der Waals surface area contributed by atoms with Crippen molar-refractivity contribution in [1.29, 1.82) is 0 Å². The Labute approximate surface area is 391 Å². The molecule has 0 aliphatic carbocycles. The van der Waals surface area contributed by atoms with Gasteiger partial charge in [-0.15, -0.1) is 26.6 Å². The van der Waals surface area contributed by atoms with E-state index in [4.69, 9.17) is 21.3 Å². The van der Waals surface area contributed by atoms with Crippen LogP contribution in [0.4, 0.5) is 11.4 Å². The van der Waals surface area contributed by atoms with Crippen LogP contribution in [0.15, 0.2) is 69.8 Å². The van der Waals surface area contributed by atoms with Crippen LogP contribution in [0.5, 0.6) is 5.75 Å². The molecule has 0 radical (unpaired) electrons. The van der Waals surface area contributed by atoms with Crippen molar-refractivity contribution in [2.45, 2.75) is 85.7 Å². The number of imide groups is 1. The van der Waals surface area contributed by atoms with Crippen molar-refractivity contribution in [3.8, 4) is 10.8 Å². The second kappa shape index (κ2) is 19.9. The lowest BCUT2D eigenvalue weighted by atomic mass is 9.94. The van der Waals surface area contributed by atoms with Gasteiger partial charge in [-0.2, -0.15) is 5.11 Å². The summed E-state index contributed by atoms with van der Waals surface area (Å²) in [6.45, 7) is 11.3. The summed E-state index contributed by atoms with van der Waals surface area (Å²) in [5, 5.41) is 27.9. The topological polar surface area (TPSA) is 202 Å². The highest BCUT2D eigenvalue weighted by Gasteiger charge is 2.34. The van der Waals surface area contributed by atoms with Crippen LogP contribution in [0.2, 0.25) is 5.02 Å². The van der Waals surface area contributed by atoms with E-state index < -0.39 is 6.04 Å². The summed E-state index contributed by atoms with van der Waals surface area (Å²) in [6, 6.07) is 16.0. The molecule has 3 aromatic carbocycles. The Hall–Kier alpha value is -6.59. The number of hydrogen-bond donors (Lipinski definition) is 3. The largest absolute Gasteiger partial charge is 0.484 e. The number of aromatic nitrogens is 3. The van der Waals surface area contributed by atoms with E-state index in [1.165, 1.54) is 4.88 Å². The minimum absolute atomic E-state index is 0.0892. The third kappa shape index (κ3) is 9.96. The molecule has 2 aromatic heterocycles. The van der Waals surface area contributed by atoms with Crippen LogP contribution in [0.1, 0.15) is 105 Å². The average Bonchev–Trinajstić information content (AvgIpc) is 3.90. The van der Waals surface area contributed by atoms with Gasteiger partial charge in [-0.05, 0) is 113 Å². The number of carbonyl (C=O) groups is 5. The first-order valence-electron chi connectivity index (χ1n) is 22.1. The van der Waals surface area contributed by atoms with Crippen LogP contribution in [0.3, 0.4) is 0 Å². The van der Waals surface area contributed by atoms with Crippen LogP contribution < -0.4 is 20.7 Å². The highest BCUT2D eigenvalue weighted by atomic mass is 35.5. The van der Waals surface area contributed by atoms with E-state index in [9.17, 15) is 24.0 Å². The molecule has 1 unspecified atom stereocenters. The number of nitrogens with zero attached hydrogens (tertiary/aromatic N) is 7. The molecule has 342 valence electrons. The van der Waals surface area contributed by atoms with Crippen LogP contribution in [-0.4, -0.2) is 81.2 Å². The van der Waals surface area contributed by atoms with Crippen molar-refractivity contribution in [1.82, 2.24) is 35.6 Å². The normalized spacial score (nSPS) is 16.7. The molecule has 5 aromatic rings. The molecule has 0 bridgehead atoms. The van der Waals surface area contributed by atoms with Gasteiger partial charge in [0.1, 0.15) is 22.6 Å². The molecule has 3 aliphatic rings. The third-order valence-electron chi connectivity index (χ3n) is 12.2. The van der Waals surface area contributed by atoms with Crippen molar-refractivity contribution in [3.05, 3.63) is 115 Å². The summed E-state index contributed by atoms with van der Waals surface area (Å²) in [5.41, 5.74) is 8.00. The summed E-state index contributed by atoms with van der Waals surface area (Å²) >= 11 is 7.90. The first kappa shape index (κ1) is 46.0. The fourth-order valence-electron chi connectivity index (χ4n) is 8.52. The second-order valence-electron chi connectivity index (χ2n) is 16.9. The SMILES string of the molecule is Cc1cc(OCC(=O)NCCCCNC(=O)C[C@@H]2N=C(c3ccc(Cl)cc3)c3c(sc(C)c3C)-n3c(C)nnc32)cc(C)c1/N=N/c1cccc2c1CN(CCC1CCC(=O)NC1=O)C2=O. The Balaban J connectivity index is 0.789. The van der Waals surface area contributed by atoms with E-state index >= 15 is 0 Å². The minimum atomic E-state index is -0.564. The van der Waals surface area contributed by atoms with Gasteiger partial charge in [0, 0.05) is 70.7 Å². The Morgan fingerprint density at radius 1 is 0.939 bits per heavy atom. The summed E-state index contributed by atoms with van der Waals surface area (Å²) in [5.74, 6) is 0.474. The fourth-order valence-corrected chi connectivity index (χ4v) is 9.86. The quantitative estimate of drug-likeness (QED) is 0.0507. The van der Waals surface area contributed by atoms with E-state index in [1.54, 1.807) is 40.5 Å². The molecule has 1 fully saturated rings. The average molecular weight is 932 g/mol. The molecular formula is C48H51ClN10O6S. The number of ether oxygens (including phenoxy) is 1. The summed E-state index contributed by atoms with van der Waals surface area (Å²) < 4.78 is 7.87. The summed E-state index contributed by atoms with van der Waals surface area (Å²) in [7, 11) is 0. The zero-order valence-electron chi connectivity index (χ0n) is 37.5. The highest BCUT2D eigenvalue weighted by molar-refractivity contribution is 7.15. The van der Waals surface area contributed by atoms with E-state index in [0.29, 0.717) is 91.8 Å². The van der Waals surface area contributed by atoms with Gasteiger partial charge in [-0.1, -0.05) is 29.8 Å². The number of aryl methyl sites for hydroxylation is 4. The lowest BCUT2D eigenvalue weighted by Crippen LogP contribution is -2.42. The Morgan fingerprint density at radius 3 is 2.39 bits per heavy atom. The van der Waals surface area contributed by atoms with Crippen molar-refractivity contribution in [2.75, 3.05) is 26.2 Å². The number of benzene rings is 3. The third-order valence-corrected chi connectivity index (χ3v) is 13.6. The molecule has 0 saturated carbocycles. The number of rotatable bonds is 16. The number of carbonyl (C=O) groups excluding carboxylic acids is 5. The molecule has 3 N–H and O–H groups in total. The number of hydrogen-bond acceptors (Lipinski definition) is 12. The molecule has 18 heteroatoms. The predicted molar refractivity (Wildman–Crippen MR) is 250 cm³/mol. The standard InChI is InChI=1S/C48H51ClN10O6S/c1-26-21-34(22-27(2)43(26)56-55-37-10-8-9-35-36(37)24-58(47(35)64)20-17-32-13-16-39(60)53-46(32)63)65-25-41(62)51-19-7-6-18-50-40(61)23-38-45-57-54-30(5)59(45)48-42(28(3)29(4)66-48)44(52-38)31-11-14-33(49)15-12-31/h8-12,14-15,21-22,32,38H,6-7,13,16-20,23-25H2,1-5H3,(H,50,61)(H,51,62)(H,53,60,63)/b56-55+/t32?,38-/m0/s1. The number of aliphatic imine (C=N–C) groups is 1. The van der Waals surface area contributed by atoms with Crippen molar-refractivity contribution in [2.24, 2.45) is 21.1 Å². The Morgan fingerprint density at radius 2 is 1.67 bits per heavy atom. The molecule has 5 amide bonds. The van der Waals surface area contributed by atoms with Gasteiger partial charge in [-0.25, -0.2) is 0 Å². The lowest BCUT2D eigenvalue weighted by Gasteiger charge is -2.23. The number of azo groups is 1. The maximum Gasteiger partial charge on any atom is 0.257 e. The number of piperidine rings is 1. The number of fused-ring (bicyclic) bond motifs is 4. The molecule has 0 spiro atoms. The zero-order valence-corrected chi connectivity index (χ0v) is 39.1. The van der Waals surface area contributed by atoms with Crippen molar-refractivity contribution >= 4 is 69.6 Å². The molecule has 3 aliphatic heterocycles. The van der Waals surface area contributed by atoms with Gasteiger partial charge in [0.15, 0.2) is 12.4 Å². The smallest absolute Gasteiger partial charge is 0.257 e.